The summed E-state index contributed by atoms with van der Waals surface area (Å²) in [6.45, 7) is 0.631. The first-order chi connectivity index (χ1) is 20.4. The van der Waals surface area contributed by atoms with Crippen LogP contribution in [-0.2, 0) is 14.6 Å². The van der Waals surface area contributed by atoms with Gasteiger partial charge in [0.15, 0.2) is 0 Å². The Morgan fingerprint density at radius 3 is 2.67 bits per heavy atom. The van der Waals surface area contributed by atoms with Gasteiger partial charge in [-0.1, -0.05) is 42.5 Å². The minimum Gasteiger partial charge on any atom is -0.496 e. The molecule has 2 fully saturated rings. The number of aromatic amines is 1. The number of hydrogen-bond donors (Lipinski definition) is 2. The average Bonchev–Trinajstić information content (AvgIpc) is 3.67. The summed E-state index contributed by atoms with van der Waals surface area (Å²) < 4.78 is 30.1. The number of nitrogens with one attached hydrogen (secondary N) is 1. The number of likely N-dealkylation sites (tertiary alicyclic amines) is 1. The average molecular weight is 588 g/mol. The third-order valence-electron chi connectivity index (χ3n) is 9.05. The van der Waals surface area contributed by atoms with Crippen LogP contribution in [-0.4, -0.2) is 72.1 Å². The number of H-pyrrole nitrogens is 1. The van der Waals surface area contributed by atoms with Crippen molar-refractivity contribution in [3.63, 3.8) is 0 Å². The number of hydrogen-bond acceptors (Lipinski definition) is 6. The highest BCUT2D eigenvalue weighted by atomic mass is 32.2. The van der Waals surface area contributed by atoms with Gasteiger partial charge in [-0.2, -0.15) is 0 Å². The molecule has 0 radical (unpaired) electrons. The molecule has 2 saturated heterocycles. The Balaban J connectivity index is 1.35. The number of aliphatic hydroxyl groups is 1. The Hall–Kier alpha value is -3.69. The van der Waals surface area contributed by atoms with Gasteiger partial charge >= 0.3 is 0 Å². The number of para-hydroxylation sites is 1. The molecule has 220 valence electrons. The van der Waals surface area contributed by atoms with E-state index in [0.29, 0.717) is 25.8 Å². The van der Waals surface area contributed by atoms with Crippen LogP contribution in [0.2, 0.25) is 0 Å². The Labute approximate surface area is 246 Å². The maximum atomic E-state index is 13.5. The van der Waals surface area contributed by atoms with Gasteiger partial charge in [0, 0.05) is 47.4 Å². The van der Waals surface area contributed by atoms with Crippen LogP contribution in [0.5, 0.6) is 5.75 Å². The summed E-state index contributed by atoms with van der Waals surface area (Å²) in [6.07, 6.45) is 6.91. The number of rotatable bonds is 8. The molecule has 1 unspecified atom stereocenters. The maximum absolute atomic E-state index is 13.5. The minimum absolute atomic E-state index is 0.0287. The molecule has 8 nitrogen and oxygen atoms in total. The number of aromatic nitrogens is 2. The maximum Gasteiger partial charge on any atom is 0.223 e. The molecule has 9 heteroatoms. The number of aliphatic hydroxyl groups excluding tert-OH is 1. The van der Waals surface area contributed by atoms with E-state index in [9.17, 15) is 18.3 Å². The minimum atomic E-state index is -3.04. The molecule has 2 aromatic carbocycles. The van der Waals surface area contributed by atoms with Crippen molar-refractivity contribution >= 4 is 26.8 Å². The number of fused-ring (bicyclic) bond motifs is 1. The van der Waals surface area contributed by atoms with Crippen LogP contribution >= 0.6 is 0 Å². The van der Waals surface area contributed by atoms with Gasteiger partial charge in [-0.05, 0) is 60.8 Å². The van der Waals surface area contributed by atoms with Gasteiger partial charge in [0.05, 0.1) is 31.3 Å². The molecule has 0 spiro atoms. The van der Waals surface area contributed by atoms with E-state index in [1.807, 2.05) is 53.7 Å². The molecule has 2 aromatic heterocycles. The molecular weight excluding hydrogens is 550 g/mol. The molecule has 4 aromatic rings. The van der Waals surface area contributed by atoms with Gasteiger partial charge in [0.25, 0.3) is 0 Å². The third-order valence-corrected chi connectivity index (χ3v) is 10.8. The highest BCUT2D eigenvalue weighted by Gasteiger charge is 2.35. The second-order valence-corrected chi connectivity index (χ2v) is 13.8. The van der Waals surface area contributed by atoms with Crippen LogP contribution in [0.1, 0.15) is 43.6 Å². The van der Waals surface area contributed by atoms with Crippen LogP contribution < -0.4 is 4.74 Å². The summed E-state index contributed by atoms with van der Waals surface area (Å²) in [6, 6.07) is 18.2. The summed E-state index contributed by atoms with van der Waals surface area (Å²) >= 11 is 0. The fraction of sp³-hybridized carbons (Fsp3) is 0.394. The SMILES string of the molecule is COc1ccccc1-c1c[nH]c2ncc(-c3cccc(C(CC(=O)N4CCC[C@@H]4CO)C4CCS(=O)(=O)CC4)c3)cc12. The van der Waals surface area contributed by atoms with Crippen molar-refractivity contribution in [2.75, 3.05) is 31.8 Å². The molecule has 42 heavy (non-hydrogen) atoms. The molecular formula is C33H37N3O5S. The molecule has 0 aliphatic carbocycles. The first-order valence-electron chi connectivity index (χ1n) is 14.7. The summed E-state index contributed by atoms with van der Waals surface area (Å²) in [4.78, 5) is 23.3. The Bertz CT molecular complexity index is 1680. The fourth-order valence-corrected chi connectivity index (χ4v) is 8.25. The van der Waals surface area contributed by atoms with Crippen LogP contribution in [0.25, 0.3) is 33.3 Å². The van der Waals surface area contributed by atoms with Crippen molar-refractivity contribution in [2.24, 2.45) is 5.92 Å². The van der Waals surface area contributed by atoms with Gasteiger partial charge in [0.2, 0.25) is 5.91 Å². The van der Waals surface area contributed by atoms with Crippen molar-refractivity contribution in [1.29, 1.82) is 0 Å². The van der Waals surface area contributed by atoms with Crippen LogP contribution in [0, 0.1) is 5.92 Å². The zero-order valence-corrected chi connectivity index (χ0v) is 24.6. The van der Waals surface area contributed by atoms with Crippen LogP contribution in [0.15, 0.2) is 67.0 Å². The zero-order chi connectivity index (χ0) is 29.3. The Kier molecular flexibility index (Phi) is 8.05. The van der Waals surface area contributed by atoms with E-state index in [-0.39, 0.29) is 41.9 Å². The van der Waals surface area contributed by atoms with Gasteiger partial charge in [-0.15, -0.1) is 0 Å². The second-order valence-electron chi connectivity index (χ2n) is 11.5. The summed E-state index contributed by atoms with van der Waals surface area (Å²) in [5.74, 6) is 1.11. The number of amides is 1. The van der Waals surface area contributed by atoms with Crippen molar-refractivity contribution < 1.29 is 23.1 Å². The Morgan fingerprint density at radius 2 is 1.88 bits per heavy atom. The van der Waals surface area contributed by atoms with Crippen molar-refractivity contribution in [1.82, 2.24) is 14.9 Å². The van der Waals surface area contributed by atoms with Crippen molar-refractivity contribution in [3.05, 3.63) is 72.6 Å². The number of ether oxygens (including phenoxy) is 1. The lowest BCUT2D eigenvalue weighted by Gasteiger charge is -2.32. The predicted octanol–water partition coefficient (Wildman–Crippen LogP) is 5.19. The van der Waals surface area contributed by atoms with Gasteiger partial charge in [0.1, 0.15) is 21.2 Å². The molecule has 0 saturated carbocycles. The van der Waals surface area contributed by atoms with E-state index < -0.39 is 9.84 Å². The lowest BCUT2D eigenvalue weighted by Crippen LogP contribution is -2.39. The lowest BCUT2D eigenvalue weighted by atomic mass is 9.79. The number of benzene rings is 2. The molecule has 6 rings (SSSR count). The van der Waals surface area contributed by atoms with Gasteiger partial charge in [-0.3, -0.25) is 4.79 Å². The third kappa shape index (κ3) is 5.68. The number of carbonyl (C=O) groups is 1. The molecule has 2 aliphatic rings. The largest absolute Gasteiger partial charge is 0.496 e. The molecule has 0 bridgehead atoms. The number of sulfone groups is 1. The van der Waals surface area contributed by atoms with E-state index in [4.69, 9.17) is 9.72 Å². The van der Waals surface area contributed by atoms with Crippen LogP contribution in [0.3, 0.4) is 0 Å². The first-order valence-corrected chi connectivity index (χ1v) is 16.5. The molecule has 1 amide bonds. The quantitative estimate of drug-likeness (QED) is 0.294. The van der Waals surface area contributed by atoms with Crippen molar-refractivity contribution in [2.45, 2.75) is 44.1 Å². The van der Waals surface area contributed by atoms with Gasteiger partial charge < -0.3 is 19.7 Å². The van der Waals surface area contributed by atoms with E-state index in [0.717, 1.165) is 57.4 Å². The van der Waals surface area contributed by atoms with E-state index >= 15 is 0 Å². The molecule has 4 heterocycles. The fourth-order valence-electron chi connectivity index (χ4n) is 6.73. The number of methoxy groups -OCH3 is 1. The second kappa shape index (κ2) is 11.9. The topological polar surface area (TPSA) is 113 Å². The predicted molar refractivity (Wildman–Crippen MR) is 164 cm³/mol. The van der Waals surface area contributed by atoms with E-state index in [1.165, 1.54) is 0 Å². The summed E-state index contributed by atoms with van der Waals surface area (Å²) in [7, 11) is -1.37. The standard InChI is InChI=1S/C33H37N3O5S/c1-41-31-10-3-2-9-27(31)30-20-35-33-29(30)17-25(19-34-33)23-6-4-7-24(16-23)28(22-11-14-42(39,40)15-12-22)18-32(38)36-13-5-8-26(36)21-37/h2-4,6-7,9-10,16-17,19-20,22,26,28,37H,5,8,11-15,18,21H2,1H3,(H,34,35)/t26-,28?/m1/s1. The number of carbonyl (C=O) groups excluding carboxylic acids is 1. The van der Waals surface area contributed by atoms with E-state index in [1.54, 1.807) is 7.11 Å². The molecule has 2 atom stereocenters. The van der Waals surface area contributed by atoms with Crippen LogP contribution in [0.4, 0.5) is 0 Å². The van der Waals surface area contributed by atoms with E-state index in [2.05, 4.69) is 23.2 Å². The monoisotopic (exact) mass is 587 g/mol. The lowest BCUT2D eigenvalue weighted by molar-refractivity contribution is -0.133. The highest BCUT2D eigenvalue weighted by Crippen LogP contribution is 2.40. The first kappa shape index (κ1) is 28.4. The molecule has 2 N–H and O–H groups in total. The van der Waals surface area contributed by atoms with Gasteiger partial charge in [-0.25, -0.2) is 13.4 Å². The highest BCUT2D eigenvalue weighted by molar-refractivity contribution is 7.91. The normalized spacial score (nSPS) is 19.7. The number of nitrogens with zero attached hydrogens (tertiary/aromatic N) is 2. The molecule has 2 aliphatic heterocycles. The Morgan fingerprint density at radius 1 is 1.07 bits per heavy atom. The summed E-state index contributed by atoms with van der Waals surface area (Å²) in [5, 5.41) is 10.8. The van der Waals surface area contributed by atoms with Crippen molar-refractivity contribution in [3.8, 4) is 28.0 Å². The smallest absolute Gasteiger partial charge is 0.223 e. The number of pyridine rings is 1. The zero-order valence-electron chi connectivity index (χ0n) is 23.8. The summed E-state index contributed by atoms with van der Waals surface area (Å²) in [5.41, 5.74) is 5.74.